The van der Waals surface area contributed by atoms with Crippen molar-refractivity contribution in [3.63, 3.8) is 0 Å². The third-order valence-electron chi connectivity index (χ3n) is 3.57. The van der Waals surface area contributed by atoms with Gasteiger partial charge in [0, 0.05) is 18.2 Å². The standard InChI is InChI=1S/C15H22N2O2/c1-3-19-13-6-4-12(5-7-13)15(18)17-14-10-16-9-8-11(14)2/h4-7,11,14,16H,3,8-10H2,1-2H3,(H,17,18). The van der Waals surface area contributed by atoms with E-state index in [2.05, 4.69) is 17.6 Å². The summed E-state index contributed by atoms with van der Waals surface area (Å²) in [7, 11) is 0. The van der Waals surface area contributed by atoms with Crippen molar-refractivity contribution in [1.29, 1.82) is 0 Å². The number of carbonyl (C=O) groups excluding carboxylic acids is 1. The minimum atomic E-state index is -0.0106. The maximum atomic E-state index is 12.1. The van der Waals surface area contributed by atoms with E-state index in [0.717, 1.165) is 25.3 Å². The van der Waals surface area contributed by atoms with Gasteiger partial charge in [-0.25, -0.2) is 0 Å². The summed E-state index contributed by atoms with van der Waals surface area (Å²) >= 11 is 0. The molecule has 2 rings (SSSR count). The Labute approximate surface area is 114 Å². The summed E-state index contributed by atoms with van der Waals surface area (Å²) in [5.74, 6) is 1.31. The Balaban J connectivity index is 1.95. The van der Waals surface area contributed by atoms with Crippen molar-refractivity contribution in [2.24, 2.45) is 5.92 Å². The minimum absolute atomic E-state index is 0.0106. The van der Waals surface area contributed by atoms with Gasteiger partial charge in [0.05, 0.1) is 6.61 Å². The molecule has 1 heterocycles. The highest BCUT2D eigenvalue weighted by molar-refractivity contribution is 5.94. The first-order valence-electron chi connectivity index (χ1n) is 6.95. The highest BCUT2D eigenvalue weighted by Gasteiger charge is 2.22. The number of nitrogens with one attached hydrogen (secondary N) is 2. The lowest BCUT2D eigenvalue weighted by molar-refractivity contribution is 0.0915. The van der Waals surface area contributed by atoms with Crippen molar-refractivity contribution in [2.75, 3.05) is 19.7 Å². The summed E-state index contributed by atoms with van der Waals surface area (Å²) in [5, 5.41) is 6.41. The first kappa shape index (κ1) is 13.9. The molecule has 1 amide bonds. The fourth-order valence-electron chi connectivity index (χ4n) is 2.30. The molecular formula is C15H22N2O2. The third-order valence-corrected chi connectivity index (χ3v) is 3.57. The highest BCUT2D eigenvalue weighted by atomic mass is 16.5. The number of amides is 1. The van der Waals surface area contributed by atoms with Crippen molar-refractivity contribution in [3.8, 4) is 5.75 Å². The summed E-state index contributed by atoms with van der Waals surface area (Å²) in [6.07, 6.45) is 1.11. The fraction of sp³-hybridized carbons (Fsp3) is 0.533. The van der Waals surface area contributed by atoms with E-state index < -0.39 is 0 Å². The van der Waals surface area contributed by atoms with Crippen molar-refractivity contribution < 1.29 is 9.53 Å². The van der Waals surface area contributed by atoms with Crippen molar-refractivity contribution in [2.45, 2.75) is 26.3 Å². The number of benzene rings is 1. The van der Waals surface area contributed by atoms with Crippen LogP contribution >= 0.6 is 0 Å². The van der Waals surface area contributed by atoms with Gasteiger partial charge in [-0.15, -0.1) is 0 Å². The Hall–Kier alpha value is -1.55. The first-order valence-corrected chi connectivity index (χ1v) is 6.95. The number of ether oxygens (including phenoxy) is 1. The maximum absolute atomic E-state index is 12.1. The van der Waals surface area contributed by atoms with Crippen LogP contribution in [0.15, 0.2) is 24.3 Å². The zero-order chi connectivity index (χ0) is 13.7. The van der Waals surface area contributed by atoms with Gasteiger partial charge in [-0.1, -0.05) is 6.92 Å². The van der Waals surface area contributed by atoms with Gasteiger partial charge in [0.15, 0.2) is 0 Å². The Morgan fingerprint density at radius 3 is 2.79 bits per heavy atom. The van der Waals surface area contributed by atoms with E-state index in [1.165, 1.54) is 0 Å². The van der Waals surface area contributed by atoms with Gasteiger partial charge in [-0.05, 0) is 50.1 Å². The van der Waals surface area contributed by atoms with Crippen LogP contribution in [-0.2, 0) is 0 Å². The normalized spacial score (nSPS) is 22.8. The van der Waals surface area contributed by atoms with Crippen LogP contribution < -0.4 is 15.4 Å². The molecule has 0 radical (unpaired) electrons. The average Bonchev–Trinajstić information content (AvgIpc) is 2.42. The van der Waals surface area contributed by atoms with Gasteiger partial charge < -0.3 is 15.4 Å². The quantitative estimate of drug-likeness (QED) is 0.870. The second-order valence-corrected chi connectivity index (χ2v) is 5.01. The number of piperidine rings is 1. The molecule has 2 atom stereocenters. The predicted molar refractivity (Wildman–Crippen MR) is 75.5 cm³/mol. The van der Waals surface area contributed by atoms with Gasteiger partial charge in [0.25, 0.3) is 5.91 Å². The lowest BCUT2D eigenvalue weighted by Gasteiger charge is -2.30. The molecule has 0 spiro atoms. The van der Waals surface area contributed by atoms with E-state index in [1.54, 1.807) is 12.1 Å². The smallest absolute Gasteiger partial charge is 0.251 e. The number of hydrogen-bond donors (Lipinski definition) is 2. The second kappa shape index (κ2) is 6.57. The van der Waals surface area contributed by atoms with Crippen LogP contribution in [0.4, 0.5) is 0 Å². The Kier molecular flexibility index (Phi) is 4.80. The molecule has 1 saturated heterocycles. The highest BCUT2D eigenvalue weighted by Crippen LogP contribution is 2.14. The zero-order valence-electron chi connectivity index (χ0n) is 11.6. The molecule has 1 aliphatic rings. The zero-order valence-corrected chi connectivity index (χ0v) is 11.6. The lowest BCUT2D eigenvalue weighted by Crippen LogP contribution is -2.50. The van der Waals surface area contributed by atoms with E-state index in [1.807, 2.05) is 19.1 Å². The third kappa shape index (κ3) is 3.70. The Bertz CT molecular complexity index is 417. The van der Waals surface area contributed by atoms with Crippen LogP contribution in [-0.4, -0.2) is 31.6 Å². The summed E-state index contributed by atoms with van der Waals surface area (Å²) < 4.78 is 5.37. The van der Waals surface area contributed by atoms with Gasteiger partial charge in [0.2, 0.25) is 0 Å². The summed E-state index contributed by atoms with van der Waals surface area (Å²) in [6, 6.07) is 7.50. The molecule has 1 aromatic rings. The van der Waals surface area contributed by atoms with Crippen LogP contribution in [0, 0.1) is 5.92 Å². The number of carbonyl (C=O) groups is 1. The largest absolute Gasteiger partial charge is 0.494 e. The Morgan fingerprint density at radius 1 is 1.42 bits per heavy atom. The molecule has 0 bridgehead atoms. The van der Waals surface area contributed by atoms with E-state index in [9.17, 15) is 4.79 Å². The molecule has 0 aromatic heterocycles. The van der Waals surface area contributed by atoms with E-state index in [-0.39, 0.29) is 11.9 Å². The first-order chi connectivity index (χ1) is 9.20. The van der Waals surface area contributed by atoms with E-state index in [4.69, 9.17) is 4.74 Å². The van der Waals surface area contributed by atoms with Gasteiger partial charge >= 0.3 is 0 Å². The van der Waals surface area contributed by atoms with Crippen molar-refractivity contribution in [3.05, 3.63) is 29.8 Å². The molecule has 104 valence electrons. The van der Waals surface area contributed by atoms with Crippen molar-refractivity contribution >= 4 is 5.91 Å². The second-order valence-electron chi connectivity index (χ2n) is 5.01. The molecule has 0 aliphatic carbocycles. The maximum Gasteiger partial charge on any atom is 0.251 e. The topological polar surface area (TPSA) is 50.4 Å². The molecule has 4 heteroatoms. The molecule has 19 heavy (non-hydrogen) atoms. The number of rotatable bonds is 4. The average molecular weight is 262 g/mol. The van der Waals surface area contributed by atoms with Crippen LogP contribution in [0.25, 0.3) is 0 Å². The van der Waals surface area contributed by atoms with Crippen LogP contribution in [0.2, 0.25) is 0 Å². The SMILES string of the molecule is CCOc1ccc(C(=O)NC2CNCCC2C)cc1. The fourth-order valence-corrected chi connectivity index (χ4v) is 2.30. The molecular weight excluding hydrogens is 240 g/mol. The molecule has 2 unspecified atom stereocenters. The predicted octanol–water partition coefficient (Wildman–Crippen LogP) is 1.81. The monoisotopic (exact) mass is 262 g/mol. The van der Waals surface area contributed by atoms with Gasteiger partial charge in [-0.3, -0.25) is 4.79 Å². The van der Waals surface area contributed by atoms with Gasteiger partial charge in [-0.2, -0.15) is 0 Å². The minimum Gasteiger partial charge on any atom is -0.494 e. The Morgan fingerprint density at radius 2 is 2.16 bits per heavy atom. The molecule has 0 saturated carbocycles. The summed E-state index contributed by atoms with van der Waals surface area (Å²) in [4.78, 5) is 12.1. The lowest BCUT2D eigenvalue weighted by atomic mass is 9.94. The molecule has 1 fully saturated rings. The summed E-state index contributed by atoms with van der Waals surface area (Å²) in [6.45, 7) is 6.65. The van der Waals surface area contributed by atoms with Gasteiger partial charge in [0.1, 0.15) is 5.75 Å². The van der Waals surface area contributed by atoms with Crippen LogP contribution in [0.1, 0.15) is 30.6 Å². The number of hydrogen-bond acceptors (Lipinski definition) is 3. The molecule has 1 aliphatic heterocycles. The molecule has 4 nitrogen and oxygen atoms in total. The van der Waals surface area contributed by atoms with Crippen LogP contribution in [0.5, 0.6) is 5.75 Å². The van der Waals surface area contributed by atoms with Crippen LogP contribution in [0.3, 0.4) is 0 Å². The van der Waals surface area contributed by atoms with E-state index >= 15 is 0 Å². The van der Waals surface area contributed by atoms with Crippen molar-refractivity contribution in [1.82, 2.24) is 10.6 Å². The summed E-state index contributed by atoms with van der Waals surface area (Å²) in [5.41, 5.74) is 0.682. The molecule has 2 N–H and O–H groups in total. The van der Waals surface area contributed by atoms with E-state index in [0.29, 0.717) is 18.1 Å². The molecule has 1 aromatic carbocycles.